The monoisotopic (exact) mass is 726 g/mol. The summed E-state index contributed by atoms with van der Waals surface area (Å²) in [7, 11) is -2.20. The third kappa shape index (κ3) is 9.13. The number of piperazine rings is 1. The number of carbonyl (C=O) groups is 3. The minimum Gasteiger partial charge on any atom is -0.492 e. The topological polar surface area (TPSA) is 163 Å². The molecule has 0 bridgehead atoms. The number of rotatable bonds is 9. The largest absolute Gasteiger partial charge is 0.528 e. The minimum atomic E-state index is -3.62. The van der Waals surface area contributed by atoms with E-state index in [2.05, 4.69) is 26.8 Å². The molecule has 3 N–H and O–H groups in total. The van der Waals surface area contributed by atoms with E-state index >= 15 is 0 Å². The first-order valence-corrected chi connectivity index (χ1v) is 18.9. The molecular formula is C36H50N6O8S. The number of benzene rings is 2. The van der Waals surface area contributed by atoms with Gasteiger partial charge in [0.2, 0.25) is 15.9 Å². The van der Waals surface area contributed by atoms with E-state index in [9.17, 15) is 22.8 Å². The van der Waals surface area contributed by atoms with E-state index in [0.717, 1.165) is 28.3 Å². The highest BCUT2D eigenvalue weighted by molar-refractivity contribution is 7.92. The van der Waals surface area contributed by atoms with Crippen LogP contribution in [-0.2, 0) is 29.8 Å². The van der Waals surface area contributed by atoms with Crippen molar-refractivity contribution in [3.63, 3.8) is 0 Å². The van der Waals surface area contributed by atoms with Gasteiger partial charge in [-0.1, -0.05) is 39.0 Å². The number of amides is 2. The second-order valence-corrected chi connectivity index (χ2v) is 17.1. The molecule has 2 fully saturated rings. The van der Waals surface area contributed by atoms with Crippen molar-refractivity contribution in [2.24, 2.45) is 5.92 Å². The molecule has 1 atom stereocenters. The SMILES string of the molecule is COc1c(NC(=O)c2cc3cccc(C(C)N4CCN(C(=O)C5CN(OC(=O)OC(C)(C)C)C5)CC4)c3[nH]2)cc(C(C)(C)C)cc1NS(C)(=O)=O. The van der Waals surface area contributed by atoms with Gasteiger partial charge in [-0.05, 0) is 62.4 Å². The molecule has 2 aromatic carbocycles. The zero-order valence-electron chi connectivity index (χ0n) is 30.9. The van der Waals surface area contributed by atoms with E-state index in [1.54, 1.807) is 39.0 Å². The molecule has 15 heteroatoms. The first-order chi connectivity index (χ1) is 23.7. The van der Waals surface area contributed by atoms with Crippen molar-refractivity contribution < 1.29 is 37.1 Å². The first-order valence-electron chi connectivity index (χ1n) is 17.0. The lowest BCUT2D eigenvalue weighted by Gasteiger charge is -2.42. The summed E-state index contributed by atoms with van der Waals surface area (Å²) in [4.78, 5) is 51.5. The Morgan fingerprint density at radius 3 is 2.20 bits per heavy atom. The van der Waals surface area contributed by atoms with Crippen LogP contribution in [0.1, 0.15) is 76.1 Å². The number of ether oxygens (including phenoxy) is 2. The van der Waals surface area contributed by atoms with Crippen LogP contribution in [0.3, 0.4) is 0 Å². The van der Waals surface area contributed by atoms with Crippen LogP contribution in [-0.4, -0.2) is 104 Å². The number of carbonyl (C=O) groups excluding carboxylic acids is 3. The Labute approximate surface area is 299 Å². The highest BCUT2D eigenvalue weighted by atomic mass is 32.2. The molecule has 1 aromatic heterocycles. The van der Waals surface area contributed by atoms with Gasteiger partial charge in [0.1, 0.15) is 11.3 Å². The smallest absolute Gasteiger partial charge is 0.492 e. The van der Waals surface area contributed by atoms with Crippen LogP contribution >= 0.6 is 0 Å². The molecule has 2 aliphatic rings. The van der Waals surface area contributed by atoms with E-state index in [1.807, 2.05) is 43.9 Å². The van der Waals surface area contributed by atoms with Gasteiger partial charge < -0.3 is 29.5 Å². The summed E-state index contributed by atoms with van der Waals surface area (Å²) in [5.74, 6) is -0.379. The van der Waals surface area contributed by atoms with Gasteiger partial charge >= 0.3 is 6.16 Å². The van der Waals surface area contributed by atoms with Crippen molar-refractivity contribution in [2.45, 2.75) is 65.5 Å². The average Bonchev–Trinajstić information content (AvgIpc) is 3.45. The van der Waals surface area contributed by atoms with E-state index < -0.39 is 27.7 Å². The molecule has 51 heavy (non-hydrogen) atoms. The second-order valence-electron chi connectivity index (χ2n) is 15.3. The maximum absolute atomic E-state index is 13.7. The molecule has 0 aliphatic carbocycles. The maximum Gasteiger partial charge on any atom is 0.528 e. The molecule has 0 spiro atoms. The van der Waals surface area contributed by atoms with E-state index in [0.29, 0.717) is 50.6 Å². The molecule has 0 radical (unpaired) electrons. The van der Waals surface area contributed by atoms with Gasteiger partial charge in [-0.2, -0.15) is 0 Å². The van der Waals surface area contributed by atoms with Crippen LogP contribution in [0.2, 0.25) is 0 Å². The van der Waals surface area contributed by atoms with Crippen molar-refractivity contribution >= 4 is 50.3 Å². The Morgan fingerprint density at radius 2 is 1.61 bits per heavy atom. The summed E-state index contributed by atoms with van der Waals surface area (Å²) in [5, 5.41) is 5.26. The van der Waals surface area contributed by atoms with Crippen LogP contribution in [0.15, 0.2) is 36.4 Å². The number of hydrogen-bond acceptors (Lipinski definition) is 10. The fourth-order valence-electron chi connectivity index (χ4n) is 6.32. The summed E-state index contributed by atoms with van der Waals surface area (Å²) in [6, 6.07) is 11.2. The Bertz CT molecular complexity index is 1900. The molecule has 2 aliphatic heterocycles. The number of methoxy groups -OCH3 is 1. The molecule has 14 nitrogen and oxygen atoms in total. The molecule has 3 heterocycles. The van der Waals surface area contributed by atoms with Gasteiger partial charge in [0.15, 0.2) is 5.75 Å². The number of aromatic amines is 1. The molecule has 0 saturated carbocycles. The minimum absolute atomic E-state index is 0.00452. The summed E-state index contributed by atoms with van der Waals surface area (Å²) in [6.45, 7) is 16.6. The van der Waals surface area contributed by atoms with Crippen LogP contribution in [0.25, 0.3) is 10.9 Å². The lowest BCUT2D eigenvalue weighted by atomic mass is 9.86. The number of hydroxylamine groups is 2. The molecule has 1 unspecified atom stereocenters. The van der Waals surface area contributed by atoms with Crippen LogP contribution < -0.4 is 14.8 Å². The second kappa shape index (κ2) is 14.4. The fraction of sp³-hybridized carbons (Fsp3) is 0.528. The summed E-state index contributed by atoms with van der Waals surface area (Å²) >= 11 is 0. The highest BCUT2D eigenvalue weighted by Crippen LogP contribution is 2.39. The number of hydrogen-bond donors (Lipinski definition) is 3. The Hall–Kier alpha value is -4.34. The quantitative estimate of drug-likeness (QED) is 0.253. The standard InChI is InChI=1S/C36H50N6O8S/c1-22(40-13-15-41(16-14-40)33(44)24-20-42(21-24)50-34(45)49-36(5,6)7)26-12-10-11-23-17-29(37-30(23)26)32(43)38-27-18-25(35(2,3)4)19-28(31(27)48-8)39-51(9,46)47/h10-12,17-19,22,24,37,39H,13-16,20-21H2,1-9H3,(H,38,43). The average molecular weight is 727 g/mol. The van der Waals surface area contributed by atoms with Crippen molar-refractivity contribution in [2.75, 3.05) is 62.7 Å². The number of H-pyrrole nitrogens is 1. The van der Waals surface area contributed by atoms with E-state index in [-0.39, 0.29) is 34.7 Å². The van der Waals surface area contributed by atoms with Crippen molar-refractivity contribution in [1.82, 2.24) is 19.8 Å². The molecule has 3 aromatic rings. The Kier molecular flexibility index (Phi) is 10.7. The molecule has 5 rings (SSSR count). The van der Waals surface area contributed by atoms with Crippen LogP contribution in [0.5, 0.6) is 5.75 Å². The van der Waals surface area contributed by atoms with Crippen molar-refractivity contribution in [3.05, 3.63) is 53.2 Å². The lowest BCUT2D eigenvalue weighted by molar-refractivity contribution is -0.202. The zero-order chi connectivity index (χ0) is 37.5. The van der Waals surface area contributed by atoms with Gasteiger partial charge in [-0.15, -0.1) is 5.06 Å². The molecule has 278 valence electrons. The predicted octanol–water partition coefficient (Wildman–Crippen LogP) is 5.10. The number of aromatic nitrogens is 1. The van der Waals surface area contributed by atoms with Crippen molar-refractivity contribution in [1.29, 1.82) is 0 Å². The lowest BCUT2D eigenvalue weighted by Crippen LogP contribution is -2.58. The number of nitrogens with one attached hydrogen (secondary N) is 3. The molecule has 2 saturated heterocycles. The van der Waals surface area contributed by atoms with Crippen LogP contribution in [0, 0.1) is 5.92 Å². The summed E-state index contributed by atoms with van der Waals surface area (Å²) < 4.78 is 37.6. The van der Waals surface area contributed by atoms with Gasteiger partial charge in [-0.3, -0.25) is 19.2 Å². The highest BCUT2D eigenvalue weighted by Gasteiger charge is 2.39. The molecule has 2 amide bonds. The number of para-hydroxylation sites is 1. The summed E-state index contributed by atoms with van der Waals surface area (Å²) in [6.07, 6.45) is 0.289. The predicted molar refractivity (Wildman–Crippen MR) is 195 cm³/mol. The van der Waals surface area contributed by atoms with Crippen molar-refractivity contribution in [3.8, 4) is 5.75 Å². The van der Waals surface area contributed by atoms with E-state index in [1.165, 1.54) is 12.2 Å². The third-order valence-electron chi connectivity index (χ3n) is 9.05. The number of fused-ring (bicyclic) bond motifs is 1. The Morgan fingerprint density at radius 1 is 0.961 bits per heavy atom. The maximum atomic E-state index is 13.7. The first kappa shape index (κ1) is 37.9. The number of anilines is 2. The number of sulfonamides is 1. The van der Waals surface area contributed by atoms with Gasteiger partial charge in [0.25, 0.3) is 5.91 Å². The Balaban J connectivity index is 1.25. The zero-order valence-corrected chi connectivity index (χ0v) is 31.7. The van der Waals surface area contributed by atoms with E-state index in [4.69, 9.17) is 14.3 Å². The summed E-state index contributed by atoms with van der Waals surface area (Å²) in [5.41, 5.74) is 2.58. The van der Waals surface area contributed by atoms with Gasteiger partial charge in [0.05, 0.1) is 36.2 Å². The van der Waals surface area contributed by atoms with Gasteiger partial charge in [-0.25, -0.2) is 13.2 Å². The molecular weight excluding hydrogens is 676 g/mol. The number of nitrogens with zero attached hydrogens (tertiary/aromatic N) is 3. The fourth-order valence-corrected chi connectivity index (χ4v) is 6.87. The third-order valence-corrected chi connectivity index (χ3v) is 9.64. The normalized spacial score (nSPS) is 17.1. The van der Waals surface area contributed by atoms with Gasteiger partial charge in [0, 0.05) is 50.7 Å². The van der Waals surface area contributed by atoms with Crippen LogP contribution in [0.4, 0.5) is 16.2 Å².